The molecule has 1 rings (SSSR count). The second-order valence-corrected chi connectivity index (χ2v) is 3.62. The summed E-state index contributed by atoms with van der Waals surface area (Å²) in [6.07, 6.45) is 0. The molecule has 4 heteroatoms. The highest BCUT2D eigenvalue weighted by atomic mass is 16.5. The SMILES string of the molecule is CCN(CC)CC.COc1ccccc1C(=O)O. The monoisotopic (exact) mass is 253 g/mol. The van der Waals surface area contributed by atoms with E-state index in [1.54, 1.807) is 18.2 Å². The van der Waals surface area contributed by atoms with E-state index in [0.717, 1.165) is 0 Å². The fourth-order valence-electron chi connectivity index (χ4n) is 1.49. The van der Waals surface area contributed by atoms with Crippen LogP contribution >= 0.6 is 0 Å². The average molecular weight is 253 g/mol. The Hall–Kier alpha value is -1.55. The Morgan fingerprint density at radius 2 is 1.67 bits per heavy atom. The number of para-hydroxylation sites is 1. The fourth-order valence-corrected chi connectivity index (χ4v) is 1.49. The predicted molar refractivity (Wildman–Crippen MR) is 73.4 cm³/mol. The lowest BCUT2D eigenvalue weighted by atomic mass is 10.2. The third-order valence-electron chi connectivity index (χ3n) is 2.68. The minimum Gasteiger partial charge on any atom is -0.496 e. The Balaban J connectivity index is 0.000000360. The van der Waals surface area contributed by atoms with Gasteiger partial charge in [-0.3, -0.25) is 0 Å². The number of ether oxygens (including phenoxy) is 1. The third-order valence-corrected chi connectivity index (χ3v) is 2.68. The van der Waals surface area contributed by atoms with Crippen LogP contribution in [0.25, 0.3) is 0 Å². The van der Waals surface area contributed by atoms with Crippen molar-refractivity contribution in [3.63, 3.8) is 0 Å². The molecule has 0 spiro atoms. The Morgan fingerprint density at radius 1 is 1.17 bits per heavy atom. The van der Waals surface area contributed by atoms with Gasteiger partial charge in [-0.05, 0) is 31.8 Å². The molecule has 1 aromatic rings. The molecular formula is C14H23NO3. The summed E-state index contributed by atoms with van der Waals surface area (Å²) >= 11 is 0. The summed E-state index contributed by atoms with van der Waals surface area (Å²) in [4.78, 5) is 12.9. The van der Waals surface area contributed by atoms with Gasteiger partial charge in [-0.25, -0.2) is 4.79 Å². The van der Waals surface area contributed by atoms with Gasteiger partial charge in [0, 0.05) is 0 Å². The first-order valence-electron chi connectivity index (χ1n) is 6.19. The van der Waals surface area contributed by atoms with Gasteiger partial charge in [0.05, 0.1) is 7.11 Å². The lowest BCUT2D eigenvalue weighted by molar-refractivity contribution is 0.0693. The van der Waals surface area contributed by atoms with Gasteiger partial charge in [0.25, 0.3) is 0 Å². The maximum atomic E-state index is 10.5. The predicted octanol–water partition coefficient (Wildman–Crippen LogP) is 2.74. The minimum absolute atomic E-state index is 0.190. The van der Waals surface area contributed by atoms with Crippen LogP contribution in [0, 0.1) is 0 Å². The first-order chi connectivity index (χ1) is 8.60. The van der Waals surface area contributed by atoms with Gasteiger partial charge in [0.15, 0.2) is 0 Å². The quantitative estimate of drug-likeness (QED) is 0.876. The van der Waals surface area contributed by atoms with E-state index in [1.807, 2.05) is 0 Å². The highest BCUT2D eigenvalue weighted by Gasteiger charge is 2.07. The summed E-state index contributed by atoms with van der Waals surface area (Å²) in [7, 11) is 1.45. The Bertz CT molecular complexity index is 343. The van der Waals surface area contributed by atoms with Gasteiger partial charge in [-0.15, -0.1) is 0 Å². The number of hydrogen-bond donors (Lipinski definition) is 1. The molecule has 1 N–H and O–H groups in total. The van der Waals surface area contributed by atoms with Crippen LogP contribution in [0.1, 0.15) is 31.1 Å². The van der Waals surface area contributed by atoms with Crippen molar-refractivity contribution in [2.45, 2.75) is 20.8 Å². The third kappa shape index (κ3) is 5.68. The lowest BCUT2D eigenvalue weighted by Gasteiger charge is -2.13. The number of carbonyl (C=O) groups is 1. The molecule has 4 nitrogen and oxygen atoms in total. The van der Waals surface area contributed by atoms with Crippen molar-refractivity contribution in [3.05, 3.63) is 29.8 Å². The van der Waals surface area contributed by atoms with Gasteiger partial charge < -0.3 is 14.7 Å². The van der Waals surface area contributed by atoms with E-state index in [0.29, 0.717) is 5.75 Å². The highest BCUT2D eigenvalue weighted by Crippen LogP contribution is 2.16. The highest BCUT2D eigenvalue weighted by molar-refractivity contribution is 5.90. The zero-order chi connectivity index (χ0) is 14.0. The largest absolute Gasteiger partial charge is 0.496 e. The van der Waals surface area contributed by atoms with Crippen molar-refractivity contribution >= 4 is 5.97 Å². The molecule has 0 atom stereocenters. The van der Waals surface area contributed by atoms with Crippen molar-refractivity contribution in [2.24, 2.45) is 0 Å². The van der Waals surface area contributed by atoms with Crippen LogP contribution in [-0.2, 0) is 0 Å². The van der Waals surface area contributed by atoms with E-state index in [1.165, 1.54) is 32.8 Å². The molecule has 0 saturated heterocycles. The molecule has 102 valence electrons. The molecule has 0 aliphatic heterocycles. The van der Waals surface area contributed by atoms with Crippen LogP contribution in [0.5, 0.6) is 5.75 Å². The van der Waals surface area contributed by atoms with Crippen LogP contribution in [0.2, 0.25) is 0 Å². The number of carboxylic acids is 1. The second-order valence-electron chi connectivity index (χ2n) is 3.62. The number of carboxylic acid groups (broad SMARTS) is 1. The molecule has 0 fully saturated rings. The number of hydrogen-bond acceptors (Lipinski definition) is 3. The fraction of sp³-hybridized carbons (Fsp3) is 0.500. The normalized spacial score (nSPS) is 9.61. The van der Waals surface area contributed by atoms with Crippen molar-refractivity contribution < 1.29 is 14.6 Å². The zero-order valence-electron chi connectivity index (χ0n) is 11.6. The lowest BCUT2D eigenvalue weighted by Crippen LogP contribution is -2.21. The topological polar surface area (TPSA) is 49.8 Å². The van der Waals surface area contributed by atoms with Crippen LogP contribution in [0.4, 0.5) is 0 Å². The van der Waals surface area contributed by atoms with E-state index < -0.39 is 5.97 Å². The van der Waals surface area contributed by atoms with Crippen LogP contribution in [0.15, 0.2) is 24.3 Å². The maximum Gasteiger partial charge on any atom is 0.339 e. The first kappa shape index (κ1) is 16.4. The molecule has 0 aromatic heterocycles. The Kier molecular flexibility index (Phi) is 8.66. The number of methoxy groups -OCH3 is 1. The molecule has 1 aromatic carbocycles. The summed E-state index contributed by atoms with van der Waals surface area (Å²) in [6, 6.07) is 6.50. The van der Waals surface area contributed by atoms with E-state index >= 15 is 0 Å². The number of nitrogens with zero attached hydrogens (tertiary/aromatic N) is 1. The molecule has 0 amide bonds. The van der Waals surface area contributed by atoms with Crippen molar-refractivity contribution in [1.82, 2.24) is 4.90 Å². The first-order valence-corrected chi connectivity index (χ1v) is 6.19. The standard InChI is InChI=1S/C8H8O3.C6H15N/c1-11-7-5-3-2-4-6(7)8(9)10;1-4-7(5-2)6-3/h2-5H,1H3,(H,9,10);4-6H2,1-3H3. The molecule has 0 aliphatic rings. The molecule has 0 aliphatic carbocycles. The Morgan fingerprint density at radius 3 is 1.94 bits per heavy atom. The average Bonchev–Trinajstić information content (AvgIpc) is 2.41. The van der Waals surface area contributed by atoms with E-state index in [2.05, 4.69) is 25.7 Å². The molecular weight excluding hydrogens is 230 g/mol. The van der Waals surface area contributed by atoms with Gasteiger partial charge >= 0.3 is 5.97 Å². The summed E-state index contributed by atoms with van der Waals surface area (Å²) in [6.45, 7) is 10.1. The number of aromatic carboxylic acids is 1. The summed E-state index contributed by atoms with van der Waals surface area (Å²) in [5.41, 5.74) is 0.190. The van der Waals surface area contributed by atoms with Gasteiger partial charge in [-0.2, -0.15) is 0 Å². The summed E-state index contributed by atoms with van der Waals surface area (Å²) < 4.78 is 4.83. The molecule has 18 heavy (non-hydrogen) atoms. The maximum absolute atomic E-state index is 10.5. The second kappa shape index (κ2) is 9.48. The van der Waals surface area contributed by atoms with Crippen molar-refractivity contribution in [1.29, 1.82) is 0 Å². The van der Waals surface area contributed by atoms with E-state index in [9.17, 15) is 4.79 Å². The molecule has 0 unspecified atom stereocenters. The van der Waals surface area contributed by atoms with Crippen LogP contribution < -0.4 is 4.74 Å². The van der Waals surface area contributed by atoms with Gasteiger partial charge in [0.2, 0.25) is 0 Å². The van der Waals surface area contributed by atoms with Gasteiger partial charge in [-0.1, -0.05) is 32.9 Å². The van der Waals surface area contributed by atoms with Crippen molar-refractivity contribution in [2.75, 3.05) is 26.7 Å². The Labute approximate surface area is 109 Å². The molecule has 0 bridgehead atoms. The minimum atomic E-state index is -0.970. The summed E-state index contributed by atoms with van der Waals surface area (Å²) in [5, 5.41) is 8.62. The molecule has 0 heterocycles. The van der Waals surface area contributed by atoms with Gasteiger partial charge in [0.1, 0.15) is 11.3 Å². The molecule has 0 saturated carbocycles. The van der Waals surface area contributed by atoms with Crippen LogP contribution in [-0.4, -0.2) is 42.7 Å². The smallest absolute Gasteiger partial charge is 0.339 e. The van der Waals surface area contributed by atoms with E-state index in [4.69, 9.17) is 9.84 Å². The van der Waals surface area contributed by atoms with Crippen molar-refractivity contribution in [3.8, 4) is 5.75 Å². The summed E-state index contributed by atoms with van der Waals surface area (Å²) in [5.74, 6) is -0.581. The number of benzene rings is 1. The number of rotatable bonds is 5. The molecule has 0 radical (unpaired) electrons. The van der Waals surface area contributed by atoms with E-state index in [-0.39, 0.29) is 5.56 Å². The zero-order valence-corrected chi connectivity index (χ0v) is 11.6. The van der Waals surface area contributed by atoms with Crippen LogP contribution in [0.3, 0.4) is 0 Å².